The molecule has 1 aliphatic rings. The Morgan fingerprint density at radius 1 is 1.32 bits per heavy atom. The van der Waals surface area contributed by atoms with E-state index in [4.69, 9.17) is 0 Å². The van der Waals surface area contributed by atoms with Crippen molar-refractivity contribution in [3.8, 4) is 0 Å². The van der Waals surface area contributed by atoms with Gasteiger partial charge in [0.1, 0.15) is 0 Å². The molecule has 0 spiro atoms. The summed E-state index contributed by atoms with van der Waals surface area (Å²) in [6.07, 6.45) is 5.29. The first kappa shape index (κ1) is 17.7. The largest absolute Gasteiger partial charge is 0.316 e. The van der Waals surface area contributed by atoms with Crippen LogP contribution in [0.15, 0.2) is 46.0 Å². The summed E-state index contributed by atoms with van der Waals surface area (Å²) in [5, 5.41) is 1.22. The van der Waals surface area contributed by atoms with Gasteiger partial charge in [-0.1, -0.05) is 30.0 Å². The maximum Gasteiger partial charge on any atom is 0.262 e. The Balaban J connectivity index is 1.83. The monoisotopic (exact) mass is 357 g/mol. The Bertz CT molecular complexity index is 873. The molecule has 0 unspecified atom stereocenters. The predicted octanol–water partition coefficient (Wildman–Crippen LogP) is 3.42. The number of hydrogen-bond donors (Lipinski definition) is 0. The van der Waals surface area contributed by atoms with Crippen molar-refractivity contribution in [1.29, 1.82) is 0 Å². The van der Waals surface area contributed by atoms with Crippen LogP contribution in [-0.2, 0) is 11.3 Å². The molecule has 0 saturated heterocycles. The first-order valence-electron chi connectivity index (χ1n) is 8.77. The van der Waals surface area contributed by atoms with Gasteiger partial charge in [-0.2, -0.15) is 0 Å². The maximum absolute atomic E-state index is 12.6. The molecule has 0 N–H and O–H groups in total. The van der Waals surface area contributed by atoms with Gasteiger partial charge in [0, 0.05) is 18.8 Å². The third kappa shape index (κ3) is 3.63. The molecule has 1 heterocycles. The lowest BCUT2D eigenvalue weighted by Crippen LogP contribution is -2.31. The first-order chi connectivity index (χ1) is 12.2. The van der Waals surface area contributed by atoms with Crippen molar-refractivity contribution in [1.82, 2.24) is 14.5 Å². The molecule has 132 valence electrons. The SMILES string of the molecule is CCN(C(=O)CSc1nc2ccccc2c(=O)n1CC)C1=CCCC1. The summed E-state index contributed by atoms with van der Waals surface area (Å²) < 4.78 is 1.64. The number of rotatable bonds is 6. The van der Waals surface area contributed by atoms with Crippen LogP contribution in [0.5, 0.6) is 0 Å². The van der Waals surface area contributed by atoms with Gasteiger partial charge in [-0.05, 0) is 45.2 Å². The Kier molecular flexibility index (Phi) is 5.58. The number of thioether (sulfide) groups is 1. The Morgan fingerprint density at radius 3 is 2.80 bits per heavy atom. The number of aromatic nitrogens is 2. The molecule has 25 heavy (non-hydrogen) atoms. The molecule has 2 aromatic rings. The van der Waals surface area contributed by atoms with Crippen LogP contribution < -0.4 is 5.56 Å². The van der Waals surface area contributed by atoms with Crippen molar-refractivity contribution in [3.63, 3.8) is 0 Å². The van der Waals surface area contributed by atoms with Crippen LogP contribution in [-0.4, -0.2) is 32.7 Å². The standard InChI is InChI=1S/C19H23N3O2S/c1-3-21(14-9-5-6-10-14)17(23)13-25-19-20-16-12-8-7-11-15(16)18(24)22(19)4-2/h7-9,11-12H,3-6,10,13H2,1-2H3. The number of carbonyl (C=O) groups excluding carboxylic acids is 1. The Hall–Kier alpha value is -2.08. The van der Waals surface area contributed by atoms with Crippen LogP contribution >= 0.6 is 11.8 Å². The summed E-state index contributed by atoms with van der Waals surface area (Å²) in [4.78, 5) is 31.7. The molecule has 1 aliphatic carbocycles. The van der Waals surface area contributed by atoms with Crippen molar-refractivity contribution in [2.24, 2.45) is 0 Å². The van der Waals surface area contributed by atoms with Gasteiger partial charge >= 0.3 is 0 Å². The lowest BCUT2D eigenvalue weighted by atomic mass is 10.2. The third-order valence-electron chi connectivity index (χ3n) is 4.45. The molecule has 6 heteroatoms. The van der Waals surface area contributed by atoms with E-state index in [0.29, 0.717) is 29.1 Å². The molecule has 0 radical (unpaired) electrons. The second-order valence-corrected chi connectivity index (χ2v) is 6.92. The quantitative estimate of drug-likeness (QED) is 0.587. The fourth-order valence-electron chi connectivity index (χ4n) is 3.18. The average molecular weight is 357 g/mol. The van der Waals surface area contributed by atoms with Crippen molar-refractivity contribution in [2.45, 2.75) is 44.8 Å². The second kappa shape index (κ2) is 7.87. The first-order valence-corrected chi connectivity index (χ1v) is 9.76. The van der Waals surface area contributed by atoms with E-state index in [0.717, 1.165) is 25.0 Å². The lowest BCUT2D eigenvalue weighted by molar-refractivity contribution is -0.126. The molecule has 0 aliphatic heterocycles. The van der Waals surface area contributed by atoms with Crippen LogP contribution in [0, 0.1) is 0 Å². The van der Waals surface area contributed by atoms with E-state index in [-0.39, 0.29) is 17.2 Å². The van der Waals surface area contributed by atoms with Crippen LogP contribution in [0.1, 0.15) is 33.1 Å². The predicted molar refractivity (Wildman–Crippen MR) is 102 cm³/mol. The fraction of sp³-hybridized carbons (Fsp3) is 0.421. The van der Waals surface area contributed by atoms with E-state index < -0.39 is 0 Å². The summed E-state index contributed by atoms with van der Waals surface area (Å²) in [7, 11) is 0. The van der Waals surface area contributed by atoms with Crippen molar-refractivity contribution >= 4 is 28.6 Å². The van der Waals surface area contributed by atoms with Gasteiger partial charge < -0.3 is 4.90 Å². The zero-order valence-corrected chi connectivity index (χ0v) is 15.5. The molecule has 5 nitrogen and oxygen atoms in total. The van der Waals surface area contributed by atoms with E-state index in [1.165, 1.54) is 11.8 Å². The number of hydrogen-bond acceptors (Lipinski definition) is 4. The smallest absolute Gasteiger partial charge is 0.262 e. The average Bonchev–Trinajstić information content (AvgIpc) is 3.15. The van der Waals surface area contributed by atoms with E-state index in [1.54, 1.807) is 10.6 Å². The van der Waals surface area contributed by atoms with E-state index >= 15 is 0 Å². The van der Waals surface area contributed by atoms with Crippen LogP contribution in [0.2, 0.25) is 0 Å². The summed E-state index contributed by atoms with van der Waals surface area (Å²) >= 11 is 1.34. The second-order valence-electron chi connectivity index (χ2n) is 5.98. The van der Waals surface area contributed by atoms with E-state index in [1.807, 2.05) is 36.9 Å². The molecule has 1 amide bonds. The molecule has 0 fully saturated rings. The molecule has 1 aromatic carbocycles. The topological polar surface area (TPSA) is 55.2 Å². The van der Waals surface area contributed by atoms with Crippen molar-refractivity contribution in [3.05, 3.63) is 46.4 Å². The minimum Gasteiger partial charge on any atom is -0.316 e. The number of amides is 1. The van der Waals surface area contributed by atoms with Gasteiger partial charge in [-0.3, -0.25) is 14.2 Å². The third-order valence-corrected chi connectivity index (χ3v) is 5.41. The Labute approximate surface area is 151 Å². The van der Waals surface area contributed by atoms with Gasteiger partial charge in [0.2, 0.25) is 5.91 Å². The molecular weight excluding hydrogens is 334 g/mol. The summed E-state index contributed by atoms with van der Waals surface area (Å²) in [6, 6.07) is 7.35. The molecular formula is C19H23N3O2S. The minimum atomic E-state index is -0.0473. The highest BCUT2D eigenvalue weighted by Gasteiger charge is 2.20. The van der Waals surface area contributed by atoms with Gasteiger partial charge in [0.25, 0.3) is 5.56 Å². The highest BCUT2D eigenvalue weighted by molar-refractivity contribution is 7.99. The number of para-hydroxylation sites is 1. The van der Waals surface area contributed by atoms with Crippen LogP contribution in [0.4, 0.5) is 0 Å². The number of benzene rings is 1. The van der Waals surface area contributed by atoms with Gasteiger partial charge in [-0.25, -0.2) is 4.98 Å². The zero-order valence-electron chi connectivity index (χ0n) is 14.7. The van der Waals surface area contributed by atoms with Crippen molar-refractivity contribution in [2.75, 3.05) is 12.3 Å². The fourth-order valence-corrected chi connectivity index (χ4v) is 4.12. The van der Waals surface area contributed by atoms with Gasteiger partial charge in [0.15, 0.2) is 5.16 Å². The summed E-state index contributed by atoms with van der Waals surface area (Å²) in [5.74, 6) is 0.362. The van der Waals surface area contributed by atoms with Gasteiger partial charge in [-0.15, -0.1) is 0 Å². The number of nitrogens with zero attached hydrogens (tertiary/aromatic N) is 3. The molecule has 1 aromatic heterocycles. The number of fused-ring (bicyclic) bond motifs is 1. The number of allylic oxidation sites excluding steroid dienone is 2. The molecule has 0 atom stereocenters. The molecule has 0 saturated carbocycles. The van der Waals surface area contributed by atoms with Gasteiger partial charge in [0.05, 0.1) is 16.7 Å². The van der Waals surface area contributed by atoms with E-state index in [9.17, 15) is 9.59 Å². The highest BCUT2D eigenvalue weighted by atomic mass is 32.2. The maximum atomic E-state index is 12.6. The van der Waals surface area contributed by atoms with Crippen LogP contribution in [0.3, 0.4) is 0 Å². The zero-order chi connectivity index (χ0) is 17.8. The normalized spacial score (nSPS) is 13.9. The highest BCUT2D eigenvalue weighted by Crippen LogP contribution is 2.24. The number of carbonyl (C=O) groups is 1. The van der Waals surface area contributed by atoms with Crippen LogP contribution in [0.25, 0.3) is 10.9 Å². The molecule has 0 bridgehead atoms. The lowest BCUT2D eigenvalue weighted by Gasteiger charge is -2.22. The Morgan fingerprint density at radius 2 is 2.12 bits per heavy atom. The summed E-state index contributed by atoms with van der Waals surface area (Å²) in [5.41, 5.74) is 1.76. The summed E-state index contributed by atoms with van der Waals surface area (Å²) in [6.45, 7) is 5.14. The molecule has 3 rings (SSSR count). The minimum absolute atomic E-state index is 0.0473. The van der Waals surface area contributed by atoms with Crippen molar-refractivity contribution < 1.29 is 4.79 Å². The van der Waals surface area contributed by atoms with E-state index in [2.05, 4.69) is 11.1 Å².